The molecule has 0 bridgehead atoms. The molecular formula is C13H18Cl2FN3O. The van der Waals surface area contributed by atoms with Crippen LogP contribution in [-0.2, 0) is 0 Å². The average Bonchev–Trinajstić information content (AvgIpc) is 3.00. The zero-order chi connectivity index (χ0) is 12.6. The SMILES string of the molecule is Cl.Cl.O=C(c1ccncc1F)N1CCC2(CCNC2)C1. The van der Waals surface area contributed by atoms with Gasteiger partial charge in [-0.2, -0.15) is 0 Å². The van der Waals surface area contributed by atoms with Gasteiger partial charge >= 0.3 is 0 Å². The van der Waals surface area contributed by atoms with Gasteiger partial charge in [-0.25, -0.2) is 4.39 Å². The number of nitrogens with zero attached hydrogens (tertiary/aromatic N) is 2. The Bertz CT molecular complexity index is 480. The number of likely N-dealkylation sites (tertiary alicyclic amines) is 1. The molecule has 2 aliphatic heterocycles. The standard InChI is InChI=1S/C13H16FN3O.2ClH/c14-11-7-15-4-1-10(11)12(18)17-6-3-13(9-17)2-5-16-8-13;;/h1,4,7,16H,2-3,5-6,8-9H2;2*1H. The second-order valence-corrected chi connectivity index (χ2v) is 5.26. The number of carbonyl (C=O) groups is 1. The van der Waals surface area contributed by atoms with E-state index in [0.717, 1.165) is 45.2 Å². The van der Waals surface area contributed by atoms with Crippen LogP contribution in [0.15, 0.2) is 18.5 Å². The van der Waals surface area contributed by atoms with Gasteiger partial charge in [-0.05, 0) is 25.5 Å². The van der Waals surface area contributed by atoms with Gasteiger partial charge in [0.2, 0.25) is 0 Å². The van der Waals surface area contributed by atoms with Crippen LogP contribution >= 0.6 is 24.8 Å². The topological polar surface area (TPSA) is 45.2 Å². The maximum atomic E-state index is 13.5. The van der Waals surface area contributed by atoms with Crippen LogP contribution in [0.3, 0.4) is 0 Å². The second-order valence-electron chi connectivity index (χ2n) is 5.26. The molecule has 1 amide bonds. The molecule has 1 unspecified atom stereocenters. The maximum absolute atomic E-state index is 13.5. The van der Waals surface area contributed by atoms with Crippen LogP contribution in [0.1, 0.15) is 23.2 Å². The smallest absolute Gasteiger partial charge is 0.256 e. The van der Waals surface area contributed by atoms with Crippen molar-refractivity contribution in [2.24, 2.45) is 5.41 Å². The van der Waals surface area contributed by atoms with Gasteiger partial charge in [-0.3, -0.25) is 9.78 Å². The highest BCUT2D eigenvalue weighted by molar-refractivity contribution is 5.94. The molecule has 3 rings (SSSR count). The van der Waals surface area contributed by atoms with Crippen LogP contribution in [0.5, 0.6) is 0 Å². The van der Waals surface area contributed by atoms with Crippen LogP contribution in [0.2, 0.25) is 0 Å². The van der Waals surface area contributed by atoms with Crippen molar-refractivity contribution in [3.05, 3.63) is 29.8 Å². The predicted molar refractivity (Wildman–Crippen MR) is 79.1 cm³/mol. The molecule has 1 atom stereocenters. The lowest BCUT2D eigenvalue weighted by atomic mass is 9.86. The van der Waals surface area contributed by atoms with Gasteiger partial charge in [0.1, 0.15) is 0 Å². The molecule has 0 radical (unpaired) electrons. The molecule has 0 aliphatic carbocycles. The second kappa shape index (κ2) is 6.70. The van der Waals surface area contributed by atoms with Crippen molar-refractivity contribution < 1.29 is 9.18 Å². The number of halogens is 3. The maximum Gasteiger partial charge on any atom is 0.256 e. The van der Waals surface area contributed by atoms with Gasteiger partial charge in [0.05, 0.1) is 11.8 Å². The summed E-state index contributed by atoms with van der Waals surface area (Å²) in [6, 6.07) is 1.45. The van der Waals surface area contributed by atoms with Crippen molar-refractivity contribution in [3.63, 3.8) is 0 Å². The molecule has 7 heteroatoms. The Morgan fingerprint density at radius 3 is 2.85 bits per heavy atom. The molecule has 1 aromatic heterocycles. The third-order valence-corrected chi connectivity index (χ3v) is 4.06. The molecule has 1 spiro atoms. The average molecular weight is 322 g/mol. The Labute approximate surface area is 130 Å². The normalized spacial score (nSPS) is 24.4. The van der Waals surface area contributed by atoms with Crippen molar-refractivity contribution >= 4 is 30.7 Å². The van der Waals surface area contributed by atoms with Crippen molar-refractivity contribution in [1.29, 1.82) is 0 Å². The van der Waals surface area contributed by atoms with E-state index in [4.69, 9.17) is 0 Å². The van der Waals surface area contributed by atoms with E-state index in [1.165, 1.54) is 12.3 Å². The Balaban J connectivity index is 0.000001000. The lowest BCUT2D eigenvalue weighted by Crippen LogP contribution is -2.33. The van der Waals surface area contributed by atoms with Gasteiger partial charge in [0.25, 0.3) is 5.91 Å². The molecule has 2 saturated heterocycles. The molecule has 4 nitrogen and oxygen atoms in total. The summed E-state index contributed by atoms with van der Waals surface area (Å²) in [6.07, 6.45) is 4.67. The highest BCUT2D eigenvalue weighted by atomic mass is 35.5. The van der Waals surface area contributed by atoms with Crippen molar-refractivity contribution in [2.45, 2.75) is 12.8 Å². The summed E-state index contributed by atoms with van der Waals surface area (Å²) in [5, 5.41) is 3.34. The number of hydrogen-bond donors (Lipinski definition) is 1. The fourth-order valence-electron chi connectivity index (χ4n) is 2.97. The molecule has 20 heavy (non-hydrogen) atoms. The number of nitrogens with one attached hydrogen (secondary N) is 1. The fraction of sp³-hybridized carbons (Fsp3) is 0.538. The summed E-state index contributed by atoms with van der Waals surface area (Å²) >= 11 is 0. The zero-order valence-corrected chi connectivity index (χ0v) is 12.6. The summed E-state index contributed by atoms with van der Waals surface area (Å²) in [7, 11) is 0. The van der Waals surface area contributed by atoms with Crippen molar-refractivity contribution in [3.8, 4) is 0 Å². The summed E-state index contributed by atoms with van der Waals surface area (Å²) in [4.78, 5) is 17.7. The first-order valence-corrected chi connectivity index (χ1v) is 6.30. The summed E-state index contributed by atoms with van der Waals surface area (Å²) in [5.74, 6) is -0.744. The van der Waals surface area contributed by atoms with Crippen LogP contribution < -0.4 is 5.32 Å². The fourth-order valence-corrected chi connectivity index (χ4v) is 2.97. The molecule has 1 N–H and O–H groups in total. The Hall–Kier alpha value is -0.910. The van der Waals surface area contributed by atoms with E-state index in [-0.39, 0.29) is 41.7 Å². The van der Waals surface area contributed by atoms with Crippen LogP contribution in [0.25, 0.3) is 0 Å². The number of carbonyl (C=O) groups excluding carboxylic acids is 1. The first kappa shape index (κ1) is 17.1. The lowest BCUT2D eigenvalue weighted by molar-refractivity contribution is 0.0771. The van der Waals surface area contributed by atoms with Gasteiger partial charge in [-0.1, -0.05) is 0 Å². The van der Waals surface area contributed by atoms with Crippen molar-refractivity contribution in [2.75, 3.05) is 26.2 Å². The van der Waals surface area contributed by atoms with Crippen molar-refractivity contribution in [1.82, 2.24) is 15.2 Å². The highest BCUT2D eigenvalue weighted by Gasteiger charge is 2.42. The summed E-state index contributed by atoms with van der Waals surface area (Å²) < 4.78 is 13.5. The summed E-state index contributed by atoms with van der Waals surface area (Å²) in [5.41, 5.74) is 0.354. The molecular weight excluding hydrogens is 304 g/mol. The van der Waals surface area contributed by atoms with Gasteiger partial charge < -0.3 is 10.2 Å². The van der Waals surface area contributed by atoms with E-state index in [1.807, 2.05) is 0 Å². The largest absolute Gasteiger partial charge is 0.338 e. The van der Waals surface area contributed by atoms with E-state index in [2.05, 4.69) is 10.3 Å². The minimum atomic E-state index is -0.534. The first-order chi connectivity index (χ1) is 8.70. The Morgan fingerprint density at radius 2 is 2.20 bits per heavy atom. The molecule has 0 saturated carbocycles. The molecule has 112 valence electrons. The predicted octanol–water partition coefficient (Wildman–Crippen LogP) is 1.89. The molecule has 2 fully saturated rings. The monoisotopic (exact) mass is 321 g/mol. The lowest BCUT2D eigenvalue weighted by Gasteiger charge is -2.22. The van der Waals surface area contributed by atoms with E-state index in [9.17, 15) is 9.18 Å². The third kappa shape index (κ3) is 3.05. The van der Waals surface area contributed by atoms with Crippen LogP contribution in [0, 0.1) is 11.2 Å². The van der Waals surface area contributed by atoms with Gasteiger partial charge in [0, 0.05) is 31.2 Å². The molecule has 0 aromatic carbocycles. The zero-order valence-electron chi connectivity index (χ0n) is 11.0. The minimum absolute atomic E-state index is 0. The number of hydrogen-bond acceptors (Lipinski definition) is 3. The van der Waals surface area contributed by atoms with Crippen LogP contribution in [0.4, 0.5) is 4.39 Å². The summed E-state index contributed by atoms with van der Waals surface area (Å²) in [6.45, 7) is 3.45. The molecule has 3 heterocycles. The minimum Gasteiger partial charge on any atom is -0.338 e. The van der Waals surface area contributed by atoms with E-state index in [0.29, 0.717) is 0 Å². The number of pyridine rings is 1. The quantitative estimate of drug-likeness (QED) is 0.859. The van der Waals surface area contributed by atoms with E-state index >= 15 is 0 Å². The van der Waals surface area contributed by atoms with Gasteiger partial charge in [0.15, 0.2) is 5.82 Å². The third-order valence-electron chi connectivity index (χ3n) is 4.06. The number of amides is 1. The Morgan fingerprint density at radius 1 is 1.40 bits per heavy atom. The number of rotatable bonds is 1. The van der Waals surface area contributed by atoms with Gasteiger partial charge in [-0.15, -0.1) is 24.8 Å². The first-order valence-electron chi connectivity index (χ1n) is 6.30. The highest BCUT2D eigenvalue weighted by Crippen LogP contribution is 2.36. The molecule has 2 aliphatic rings. The van der Waals surface area contributed by atoms with Crippen LogP contribution in [-0.4, -0.2) is 42.0 Å². The molecule has 1 aromatic rings. The van der Waals surface area contributed by atoms with E-state index < -0.39 is 5.82 Å². The Kier molecular flexibility index (Phi) is 5.74. The number of aromatic nitrogens is 1. The van der Waals surface area contributed by atoms with E-state index in [1.54, 1.807) is 4.90 Å².